The Morgan fingerprint density at radius 3 is 1.32 bits per heavy atom. The zero-order valence-electron chi connectivity index (χ0n) is 39.0. The molecule has 2 unspecified atom stereocenters. The molecule has 0 aliphatic heterocycles. The molecule has 0 spiro atoms. The molecule has 59 heavy (non-hydrogen) atoms. The molecule has 0 radical (unpaired) electrons. The summed E-state index contributed by atoms with van der Waals surface area (Å²) in [6.45, 7) is 4.78. The second kappa shape index (κ2) is 48.5. The largest absolute Gasteiger partial charge is 0.466 e. The van der Waals surface area contributed by atoms with Crippen LogP contribution in [-0.4, -0.2) is 47.4 Å². The quantitative estimate of drug-likeness (QED) is 0.0323. The zero-order chi connectivity index (χ0) is 43.0. The monoisotopic (exact) mass is 828 g/mol. The van der Waals surface area contributed by atoms with E-state index in [0.717, 1.165) is 89.9 Å². The number of hydrogen-bond acceptors (Lipinski definition) is 5. The molecule has 2 atom stereocenters. The molecule has 0 aliphatic carbocycles. The second-order valence-electron chi connectivity index (χ2n) is 17.1. The number of aliphatic hydroxyl groups excluding tert-OH is 2. The van der Waals surface area contributed by atoms with Gasteiger partial charge < -0.3 is 20.3 Å². The number of hydrogen-bond donors (Lipinski definition) is 3. The lowest BCUT2D eigenvalue weighted by Crippen LogP contribution is -2.45. The third kappa shape index (κ3) is 45.2. The Morgan fingerprint density at radius 2 is 0.847 bits per heavy atom. The Kier molecular flexibility index (Phi) is 46.7. The summed E-state index contributed by atoms with van der Waals surface area (Å²) in [5.74, 6) is -0.158. The van der Waals surface area contributed by atoms with Crippen molar-refractivity contribution < 1.29 is 24.5 Å². The highest BCUT2D eigenvalue weighted by Gasteiger charge is 2.18. The van der Waals surface area contributed by atoms with Crippen LogP contribution < -0.4 is 5.32 Å². The predicted molar refractivity (Wildman–Crippen MR) is 255 cm³/mol. The first-order valence-electron chi connectivity index (χ1n) is 25.4. The lowest BCUT2D eigenvalue weighted by molar-refractivity contribution is -0.143. The number of carbonyl (C=O) groups is 2. The predicted octanol–water partition coefficient (Wildman–Crippen LogP) is 15.1. The van der Waals surface area contributed by atoms with Crippen LogP contribution in [-0.2, 0) is 14.3 Å². The summed E-state index contributed by atoms with van der Waals surface area (Å²) in [7, 11) is 0. The van der Waals surface area contributed by atoms with Crippen LogP contribution in [0.2, 0.25) is 0 Å². The summed E-state index contributed by atoms with van der Waals surface area (Å²) < 4.78 is 5.42. The van der Waals surface area contributed by atoms with E-state index in [1.165, 1.54) is 135 Å². The van der Waals surface area contributed by atoms with Crippen LogP contribution in [0.15, 0.2) is 48.6 Å². The Balaban J connectivity index is 3.59. The summed E-state index contributed by atoms with van der Waals surface area (Å²) in [6, 6.07) is -0.655. The fraction of sp³-hybridized carbons (Fsp3) is 0.811. The second-order valence-corrected chi connectivity index (χ2v) is 17.1. The van der Waals surface area contributed by atoms with Gasteiger partial charge in [0.05, 0.1) is 25.4 Å². The number of ether oxygens (including phenoxy) is 1. The maximum Gasteiger partial charge on any atom is 0.305 e. The van der Waals surface area contributed by atoms with Crippen molar-refractivity contribution in [2.45, 2.75) is 264 Å². The third-order valence-corrected chi connectivity index (χ3v) is 11.3. The van der Waals surface area contributed by atoms with Crippen molar-refractivity contribution in [2.75, 3.05) is 13.2 Å². The SMILES string of the molecule is CCCCCC/C=C\C/C=C\CCCCCCCC(=O)OCCCC/C=C\CCCCCCC(=O)NC(CO)C(O)/C=C/CCCCCCCCCCCCCCCC. The fourth-order valence-corrected chi connectivity index (χ4v) is 7.36. The van der Waals surface area contributed by atoms with Gasteiger partial charge in [-0.25, -0.2) is 0 Å². The van der Waals surface area contributed by atoms with E-state index in [0.29, 0.717) is 19.4 Å². The highest BCUT2D eigenvalue weighted by atomic mass is 16.5. The number of rotatable bonds is 46. The van der Waals surface area contributed by atoms with Crippen LogP contribution in [0.1, 0.15) is 251 Å². The molecular formula is C53H97NO5. The van der Waals surface area contributed by atoms with Crippen LogP contribution in [0.4, 0.5) is 0 Å². The van der Waals surface area contributed by atoms with Crippen LogP contribution in [0.3, 0.4) is 0 Å². The van der Waals surface area contributed by atoms with Crippen molar-refractivity contribution in [1.82, 2.24) is 5.32 Å². The van der Waals surface area contributed by atoms with Gasteiger partial charge in [0.2, 0.25) is 5.91 Å². The smallest absolute Gasteiger partial charge is 0.305 e. The van der Waals surface area contributed by atoms with Gasteiger partial charge in [0.25, 0.3) is 0 Å². The molecule has 0 saturated heterocycles. The van der Waals surface area contributed by atoms with E-state index in [4.69, 9.17) is 4.74 Å². The van der Waals surface area contributed by atoms with Crippen LogP contribution in [0.5, 0.6) is 0 Å². The third-order valence-electron chi connectivity index (χ3n) is 11.3. The average Bonchev–Trinajstić information content (AvgIpc) is 3.24. The number of aliphatic hydroxyl groups is 2. The molecular weight excluding hydrogens is 731 g/mol. The Morgan fingerprint density at radius 1 is 0.475 bits per heavy atom. The van der Waals surface area contributed by atoms with Gasteiger partial charge in [0, 0.05) is 12.8 Å². The van der Waals surface area contributed by atoms with Crippen LogP contribution in [0, 0.1) is 0 Å². The first-order chi connectivity index (χ1) is 29.0. The van der Waals surface area contributed by atoms with Gasteiger partial charge in [0.1, 0.15) is 0 Å². The molecule has 0 saturated carbocycles. The number of esters is 1. The average molecular weight is 828 g/mol. The minimum absolute atomic E-state index is 0.0527. The molecule has 0 heterocycles. The van der Waals surface area contributed by atoms with Crippen molar-refractivity contribution >= 4 is 11.9 Å². The molecule has 0 aliphatic rings. The van der Waals surface area contributed by atoms with E-state index in [1.54, 1.807) is 6.08 Å². The Labute approximate surface area is 366 Å². The minimum atomic E-state index is -0.868. The molecule has 0 rings (SSSR count). The fourth-order valence-electron chi connectivity index (χ4n) is 7.36. The van der Waals surface area contributed by atoms with Crippen LogP contribution >= 0.6 is 0 Å². The number of amides is 1. The number of carbonyl (C=O) groups excluding carboxylic acids is 2. The van der Waals surface area contributed by atoms with Gasteiger partial charge in [-0.2, -0.15) is 0 Å². The first-order valence-corrected chi connectivity index (χ1v) is 25.4. The van der Waals surface area contributed by atoms with E-state index in [-0.39, 0.29) is 18.5 Å². The number of unbranched alkanes of at least 4 members (excludes halogenated alkanes) is 29. The van der Waals surface area contributed by atoms with Gasteiger partial charge in [-0.1, -0.05) is 197 Å². The Bertz CT molecular complexity index is 1000. The van der Waals surface area contributed by atoms with Gasteiger partial charge >= 0.3 is 5.97 Å². The van der Waals surface area contributed by atoms with Gasteiger partial charge in [-0.05, 0) is 89.9 Å². The minimum Gasteiger partial charge on any atom is -0.466 e. The van der Waals surface area contributed by atoms with Crippen molar-refractivity contribution in [3.8, 4) is 0 Å². The normalized spacial score (nSPS) is 13.1. The van der Waals surface area contributed by atoms with E-state index < -0.39 is 12.1 Å². The molecule has 344 valence electrons. The molecule has 0 bridgehead atoms. The van der Waals surface area contributed by atoms with Gasteiger partial charge in [-0.15, -0.1) is 0 Å². The maximum atomic E-state index is 12.4. The van der Waals surface area contributed by atoms with Crippen LogP contribution in [0.25, 0.3) is 0 Å². The maximum absolute atomic E-state index is 12.4. The van der Waals surface area contributed by atoms with E-state index in [2.05, 4.69) is 55.6 Å². The zero-order valence-corrected chi connectivity index (χ0v) is 39.0. The summed E-state index contributed by atoms with van der Waals surface area (Å²) in [6.07, 6.45) is 59.6. The van der Waals surface area contributed by atoms with Gasteiger partial charge in [0.15, 0.2) is 0 Å². The van der Waals surface area contributed by atoms with Crippen molar-refractivity contribution in [1.29, 1.82) is 0 Å². The molecule has 3 N–H and O–H groups in total. The van der Waals surface area contributed by atoms with E-state index in [1.807, 2.05) is 6.08 Å². The molecule has 0 aromatic carbocycles. The standard InChI is InChI=1S/C53H97NO5/c1-3-5-7-9-11-13-15-17-19-21-23-25-29-33-37-41-45-51(56)50(49-55)54-52(57)46-42-38-34-30-27-28-32-36-40-44-48-59-53(58)47-43-39-35-31-26-24-22-20-18-16-14-12-10-8-6-4-2/h14,16,20,22,28,32,41,45,50-51,55-56H,3-13,15,17-19,21,23-27,29-31,33-40,42-44,46-49H2,1-2H3,(H,54,57)/b16-14-,22-20-,32-28-,45-41+. The molecule has 0 aromatic heterocycles. The topological polar surface area (TPSA) is 95.9 Å². The molecule has 0 aromatic rings. The molecule has 0 fully saturated rings. The first kappa shape index (κ1) is 56.8. The highest BCUT2D eigenvalue weighted by molar-refractivity contribution is 5.76. The van der Waals surface area contributed by atoms with E-state index in [9.17, 15) is 19.8 Å². The Hall–Kier alpha value is -2.18. The lowest BCUT2D eigenvalue weighted by atomic mass is 10.0. The number of nitrogens with one attached hydrogen (secondary N) is 1. The highest BCUT2D eigenvalue weighted by Crippen LogP contribution is 2.14. The summed E-state index contributed by atoms with van der Waals surface area (Å²) in [4.78, 5) is 24.4. The summed E-state index contributed by atoms with van der Waals surface area (Å²) in [5, 5.41) is 23.0. The van der Waals surface area contributed by atoms with Gasteiger partial charge in [-0.3, -0.25) is 9.59 Å². The van der Waals surface area contributed by atoms with Crippen molar-refractivity contribution in [2.24, 2.45) is 0 Å². The summed E-state index contributed by atoms with van der Waals surface area (Å²) in [5.41, 5.74) is 0. The molecule has 6 heteroatoms. The molecule has 6 nitrogen and oxygen atoms in total. The van der Waals surface area contributed by atoms with E-state index >= 15 is 0 Å². The van der Waals surface area contributed by atoms with Crippen molar-refractivity contribution in [3.05, 3.63) is 48.6 Å². The molecule has 1 amide bonds. The summed E-state index contributed by atoms with van der Waals surface area (Å²) >= 11 is 0. The van der Waals surface area contributed by atoms with Crippen molar-refractivity contribution in [3.63, 3.8) is 0 Å². The number of allylic oxidation sites excluding steroid dienone is 7. The lowest BCUT2D eigenvalue weighted by Gasteiger charge is -2.20.